The zero-order valence-electron chi connectivity index (χ0n) is 12.3. The van der Waals surface area contributed by atoms with E-state index >= 15 is 0 Å². The molecule has 0 unspecified atom stereocenters. The minimum atomic E-state index is -0.118. The van der Waals surface area contributed by atoms with Crippen molar-refractivity contribution in [3.63, 3.8) is 0 Å². The van der Waals surface area contributed by atoms with Gasteiger partial charge in [-0.15, -0.1) is 0 Å². The second-order valence-electron chi connectivity index (χ2n) is 6.50. The number of rotatable bonds is 3. The van der Waals surface area contributed by atoms with E-state index in [1.165, 1.54) is 25.7 Å². The molecule has 1 aliphatic carbocycles. The molecule has 0 heterocycles. The van der Waals surface area contributed by atoms with Crippen LogP contribution in [0.2, 0.25) is 0 Å². The number of carbonyl (C=O) groups is 1. The van der Waals surface area contributed by atoms with Gasteiger partial charge in [-0.05, 0) is 50.7 Å². The van der Waals surface area contributed by atoms with Gasteiger partial charge in [0.1, 0.15) is 0 Å². The summed E-state index contributed by atoms with van der Waals surface area (Å²) >= 11 is 0. The van der Waals surface area contributed by atoms with Gasteiger partial charge in [-0.3, -0.25) is 4.79 Å². The first kappa shape index (κ1) is 14.1. The number of amides is 1. The van der Waals surface area contributed by atoms with Crippen LogP contribution in [-0.2, 0) is 0 Å². The standard InChI is InChI=1S/C17H25NO/c1-13-9-11-15(12-10-13)17(2,3)18-16(19)14-7-5-4-6-8-14/h4-8,13,15H,9-12H2,1-3H3,(H,18,19). The maximum Gasteiger partial charge on any atom is 0.251 e. The molecule has 2 heteroatoms. The van der Waals surface area contributed by atoms with E-state index in [-0.39, 0.29) is 11.4 Å². The van der Waals surface area contributed by atoms with Crippen molar-refractivity contribution >= 4 is 5.91 Å². The van der Waals surface area contributed by atoms with Gasteiger partial charge in [0.05, 0.1) is 0 Å². The van der Waals surface area contributed by atoms with Crippen LogP contribution in [-0.4, -0.2) is 11.4 Å². The van der Waals surface area contributed by atoms with E-state index < -0.39 is 0 Å². The molecule has 1 amide bonds. The van der Waals surface area contributed by atoms with Crippen LogP contribution in [0.1, 0.15) is 56.8 Å². The van der Waals surface area contributed by atoms with Gasteiger partial charge in [0.15, 0.2) is 0 Å². The predicted molar refractivity (Wildman–Crippen MR) is 79.1 cm³/mol. The van der Waals surface area contributed by atoms with Gasteiger partial charge in [-0.25, -0.2) is 0 Å². The minimum Gasteiger partial charge on any atom is -0.347 e. The Bertz CT molecular complexity index is 416. The Morgan fingerprint density at radius 1 is 1.11 bits per heavy atom. The summed E-state index contributed by atoms with van der Waals surface area (Å²) in [5.41, 5.74) is 0.632. The smallest absolute Gasteiger partial charge is 0.251 e. The van der Waals surface area contributed by atoms with Crippen LogP contribution in [0.15, 0.2) is 30.3 Å². The maximum absolute atomic E-state index is 12.3. The molecule has 2 nitrogen and oxygen atoms in total. The summed E-state index contributed by atoms with van der Waals surface area (Å²) in [4.78, 5) is 12.3. The summed E-state index contributed by atoms with van der Waals surface area (Å²) in [5, 5.41) is 3.22. The lowest BCUT2D eigenvalue weighted by Gasteiger charge is -2.39. The van der Waals surface area contributed by atoms with Gasteiger partial charge in [0, 0.05) is 11.1 Å². The highest BCUT2D eigenvalue weighted by atomic mass is 16.1. The van der Waals surface area contributed by atoms with Crippen LogP contribution in [0.5, 0.6) is 0 Å². The number of benzene rings is 1. The topological polar surface area (TPSA) is 29.1 Å². The molecule has 1 fully saturated rings. The van der Waals surface area contributed by atoms with Crippen LogP contribution in [0.4, 0.5) is 0 Å². The van der Waals surface area contributed by atoms with Crippen molar-refractivity contribution in [3.8, 4) is 0 Å². The van der Waals surface area contributed by atoms with E-state index in [0.29, 0.717) is 5.92 Å². The highest BCUT2D eigenvalue weighted by Gasteiger charge is 2.33. The van der Waals surface area contributed by atoms with Crippen molar-refractivity contribution in [2.45, 2.75) is 52.0 Å². The average Bonchev–Trinajstić information content (AvgIpc) is 2.40. The van der Waals surface area contributed by atoms with Crippen molar-refractivity contribution in [3.05, 3.63) is 35.9 Å². The third-order valence-electron chi connectivity index (χ3n) is 4.51. The molecule has 0 spiro atoms. The van der Waals surface area contributed by atoms with E-state index in [2.05, 4.69) is 26.1 Å². The molecule has 1 aromatic rings. The average molecular weight is 259 g/mol. The van der Waals surface area contributed by atoms with Gasteiger partial charge in [0.2, 0.25) is 0 Å². The second kappa shape index (κ2) is 5.77. The van der Waals surface area contributed by atoms with Crippen molar-refractivity contribution in [1.29, 1.82) is 0 Å². The molecule has 0 aromatic heterocycles. The Balaban J connectivity index is 1.99. The van der Waals surface area contributed by atoms with E-state index in [1.54, 1.807) is 0 Å². The molecule has 1 aliphatic rings. The fraction of sp³-hybridized carbons (Fsp3) is 0.588. The molecule has 1 aromatic carbocycles. The molecule has 0 aliphatic heterocycles. The number of hydrogen-bond donors (Lipinski definition) is 1. The molecule has 0 atom stereocenters. The predicted octanol–water partition coefficient (Wildman–Crippen LogP) is 4.02. The summed E-state index contributed by atoms with van der Waals surface area (Å²) in [6, 6.07) is 9.49. The Labute approximate surface area is 116 Å². The van der Waals surface area contributed by atoms with Gasteiger partial charge in [-0.1, -0.05) is 38.0 Å². The molecule has 2 rings (SSSR count). The first-order valence-electron chi connectivity index (χ1n) is 7.36. The lowest BCUT2D eigenvalue weighted by molar-refractivity contribution is 0.0847. The third-order valence-corrected chi connectivity index (χ3v) is 4.51. The highest BCUT2D eigenvalue weighted by Crippen LogP contribution is 2.35. The summed E-state index contributed by atoms with van der Waals surface area (Å²) in [7, 11) is 0. The molecular weight excluding hydrogens is 234 g/mol. The van der Waals surface area contributed by atoms with Crippen molar-refractivity contribution < 1.29 is 4.79 Å². The van der Waals surface area contributed by atoms with Crippen LogP contribution in [0.25, 0.3) is 0 Å². The molecule has 0 saturated heterocycles. The summed E-state index contributed by atoms with van der Waals surface area (Å²) < 4.78 is 0. The lowest BCUT2D eigenvalue weighted by Crippen LogP contribution is -2.50. The Hall–Kier alpha value is -1.31. The number of hydrogen-bond acceptors (Lipinski definition) is 1. The molecule has 19 heavy (non-hydrogen) atoms. The first-order valence-corrected chi connectivity index (χ1v) is 7.36. The van der Waals surface area contributed by atoms with Gasteiger partial charge >= 0.3 is 0 Å². The van der Waals surface area contributed by atoms with Crippen LogP contribution in [0, 0.1) is 11.8 Å². The fourth-order valence-electron chi connectivity index (χ4n) is 3.04. The highest BCUT2D eigenvalue weighted by molar-refractivity contribution is 5.94. The monoisotopic (exact) mass is 259 g/mol. The summed E-state index contributed by atoms with van der Waals surface area (Å²) in [6.07, 6.45) is 5.02. The largest absolute Gasteiger partial charge is 0.347 e. The van der Waals surface area contributed by atoms with Crippen LogP contribution < -0.4 is 5.32 Å². The second-order valence-corrected chi connectivity index (χ2v) is 6.50. The van der Waals surface area contributed by atoms with E-state index in [9.17, 15) is 4.79 Å². The molecular formula is C17H25NO. The quantitative estimate of drug-likeness (QED) is 0.872. The van der Waals surface area contributed by atoms with E-state index in [4.69, 9.17) is 0 Å². The molecule has 104 valence electrons. The Morgan fingerprint density at radius 2 is 1.68 bits per heavy atom. The minimum absolute atomic E-state index is 0.0456. The van der Waals surface area contributed by atoms with Crippen molar-refractivity contribution in [2.24, 2.45) is 11.8 Å². The fourth-order valence-corrected chi connectivity index (χ4v) is 3.04. The molecule has 1 N–H and O–H groups in total. The van der Waals surface area contributed by atoms with E-state index in [1.807, 2.05) is 30.3 Å². The van der Waals surface area contributed by atoms with Crippen molar-refractivity contribution in [2.75, 3.05) is 0 Å². The number of nitrogens with one attached hydrogen (secondary N) is 1. The van der Waals surface area contributed by atoms with Gasteiger partial charge < -0.3 is 5.32 Å². The molecule has 1 saturated carbocycles. The normalized spacial score (nSPS) is 23.9. The maximum atomic E-state index is 12.3. The van der Waals surface area contributed by atoms with E-state index in [0.717, 1.165) is 11.5 Å². The SMILES string of the molecule is CC1CCC(C(C)(C)NC(=O)c2ccccc2)CC1. The zero-order valence-corrected chi connectivity index (χ0v) is 12.3. The first-order chi connectivity index (χ1) is 8.99. The zero-order chi connectivity index (χ0) is 13.9. The summed E-state index contributed by atoms with van der Waals surface area (Å²) in [6.45, 7) is 6.65. The van der Waals surface area contributed by atoms with Crippen LogP contribution in [0.3, 0.4) is 0 Å². The van der Waals surface area contributed by atoms with Gasteiger partial charge in [-0.2, -0.15) is 0 Å². The van der Waals surface area contributed by atoms with Gasteiger partial charge in [0.25, 0.3) is 5.91 Å². The third kappa shape index (κ3) is 3.59. The Kier molecular flexibility index (Phi) is 4.28. The number of carbonyl (C=O) groups excluding carboxylic acids is 1. The van der Waals surface area contributed by atoms with Crippen molar-refractivity contribution in [1.82, 2.24) is 5.32 Å². The Morgan fingerprint density at radius 3 is 2.26 bits per heavy atom. The molecule has 0 radical (unpaired) electrons. The molecule has 0 bridgehead atoms. The summed E-state index contributed by atoms with van der Waals surface area (Å²) in [5.74, 6) is 1.48. The lowest BCUT2D eigenvalue weighted by atomic mass is 9.73. The van der Waals surface area contributed by atoms with Crippen LogP contribution >= 0.6 is 0 Å².